The maximum absolute atomic E-state index is 10.4. The van der Waals surface area contributed by atoms with Gasteiger partial charge in [0.1, 0.15) is 30.5 Å². The summed E-state index contributed by atoms with van der Waals surface area (Å²) in [7, 11) is 1.53. The van der Waals surface area contributed by atoms with Crippen molar-refractivity contribution >= 4 is 0 Å². The van der Waals surface area contributed by atoms with Crippen LogP contribution in [0.2, 0.25) is 0 Å². The Balaban J connectivity index is 1.89. The first-order valence-corrected chi connectivity index (χ1v) is 11.7. The molecule has 1 saturated heterocycles. The molecule has 36 heavy (non-hydrogen) atoms. The van der Waals surface area contributed by atoms with E-state index in [0.717, 1.165) is 0 Å². The average molecular weight is 524 g/mol. The van der Waals surface area contributed by atoms with Gasteiger partial charge in [0.25, 0.3) is 0 Å². The van der Waals surface area contributed by atoms with Crippen LogP contribution < -0.4 is 28.3 Å². The van der Waals surface area contributed by atoms with Gasteiger partial charge in [-0.2, -0.15) is 0 Å². The number of aliphatic hydroxyl groups excluding tert-OH is 7. The summed E-state index contributed by atoms with van der Waals surface area (Å²) in [6, 6.07) is -2.45. The van der Waals surface area contributed by atoms with Crippen molar-refractivity contribution in [1.82, 2.24) is 5.32 Å². The average Bonchev–Trinajstić information content (AvgIpc) is 2.85. The first kappa shape index (κ1) is 30.8. The molecule has 0 aromatic carbocycles. The fourth-order valence-corrected chi connectivity index (χ4v) is 4.04. The number of likely N-dealkylation sites (N-methyl/N-ethyl adjacent to an activating group) is 1. The molecule has 0 spiro atoms. The number of ether oxygens (including phenoxy) is 3. The van der Waals surface area contributed by atoms with Crippen molar-refractivity contribution in [2.24, 2.45) is 22.9 Å². The van der Waals surface area contributed by atoms with Crippen LogP contribution in [0.5, 0.6) is 0 Å². The zero-order valence-electron chi connectivity index (χ0n) is 20.1. The predicted octanol–water partition coefficient (Wildman–Crippen LogP) is -5.70. The van der Waals surface area contributed by atoms with E-state index in [1.807, 2.05) is 0 Å². The molecular formula is C21H41N5O10. The molecule has 1 aliphatic carbocycles. The van der Waals surface area contributed by atoms with Crippen molar-refractivity contribution < 1.29 is 50.0 Å². The molecule has 2 rings (SSSR count). The van der Waals surface area contributed by atoms with Gasteiger partial charge in [0.15, 0.2) is 18.9 Å². The van der Waals surface area contributed by atoms with Gasteiger partial charge in [-0.25, -0.2) is 0 Å². The standard InChI is InChI=1S/C21H41N5O10/c1-26-11(20(33)36-21-17(31)15(29)13(25)12(7-27)34-21)5-3-2-4-8(22)19(32)35-18-10(24)6-9(23)14(28)16(18)30/h4-5,9-10,12-21,26-33H,2-3,6-7,22-25H2,1H3/b8-4+,11-5-/t9-,10?,12?,13-,14?,15?,16?,17?,18-,19-,20?,21-/m1/s1. The van der Waals surface area contributed by atoms with E-state index in [9.17, 15) is 35.7 Å². The van der Waals surface area contributed by atoms with Gasteiger partial charge in [-0.3, -0.25) is 0 Å². The lowest BCUT2D eigenvalue weighted by molar-refractivity contribution is -0.308. The van der Waals surface area contributed by atoms with Crippen molar-refractivity contribution in [3.63, 3.8) is 0 Å². The van der Waals surface area contributed by atoms with Gasteiger partial charge >= 0.3 is 0 Å². The second-order valence-corrected chi connectivity index (χ2v) is 8.96. The van der Waals surface area contributed by atoms with Crippen molar-refractivity contribution in [1.29, 1.82) is 0 Å². The SMILES string of the molecule is CN/C(=C\CC/C=C(/N)[C@H](O)O[C@@H]1C(N)C[C@@H](N)C(O)C1O)C(O)O[C@H]1OC(CO)[C@@H](N)C(O)C1O. The summed E-state index contributed by atoms with van der Waals surface area (Å²) < 4.78 is 16.0. The Morgan fingerprint density at radius 2 is 1.58 bits per heavy atom. The number of nitrogens with one attached hydrogen (secondary N) is 1. The molecular weight excluding hydrogens is 482 g/mol. The lowest BCUT2D eigenvalue weighted by atomic mass is 9.85. The van der Waals surface area contributed by atoms with Gasteiger partial charge < -0.3 is 78.2 Å². The molecule has 0 bridgehead atoms. The third kappa shape index (κ3) is 7.55. The molecule has 1 aliphatic heterocycles. The van der Waals surface area contributed by atoms with E-state index in [-0.39, 0.29) is 17.8 Å². The molecule has 2 aliphatic rings. The smallest absolute Gasteiger partial charge is 0.198 e. The number of nitrogens with two attached hydrogens (primary N) is 4. The molecule has 0 aromatic rings. The van der Waals surface area contributed by atoms with Gasteiger partial charge in [-0.1, -0.05) is 12.2 Å². The van der Waals surface area contributed by atoms with E-state index >= 15 is 0 Å². The minimum atomic E-state index is -1.58. The second kappa shape index (κ2) is 13.9. The quantitative estimate of drug-likeness (QED) is 0.0887. The monoisotopic (exact) mass is 523 g/mol. The van der Waals surface area contributed by atoms with Gasteiger partial charge in [0.2, 0.25) is 0 Å². The van der Waals surface area contributed by atoms with E-state index in [2.05, 4.69) is 5.32 Å². The number of unbranched alkanes of at least 4 members (excludes halogenated alkanes) is 1. The zero-order chi connectivity index (χ0) is 27.2. The molecule has 1 heterocycles. The lowest BCUT2D eigenvalue weighted by Gasteiger charge is -2.41. The van der Waals surface area contributed by atoms with Gasteiger partial charge in [-0.05, 0) is 19.3 Å². The van der Waals surface area contributed by atoms with Gasteiger partial charge in [-0.15, -0.1) is 0 Å². The number of hydrogen-bond acceptors (Lipinski definition) is 15. The van der Waals surface area contributed by atoms with E-state index < -0.39 is 80.2 Å². The summed E-state index contributed by atoms with van der Waals surface area (Å²) in [6.07, 6.45) is -8.41. The third-order valence-electron chi connectivity index (χ3n) is 6.33. The number of aliphatic hydroxyl groups is 7. The molecule has 15 nitrogen and oxygen atoms in total. The minimum absolute atomic E-state index is 0.0472. The van der Waals surface area contributed by atoms with E-state index in [1.165, 1.54) is 13.1 Å². The molecule has 0 radical (unpaired) electrons. The highest BCUT2D eigenvalue weighted by molar-refractivity contribution is 5.06. The van der Waals surface area contributed by atoms with Crippen molar-refractivity contribution in [3.8, 4) is 0 Å². The van der Waals surface area contributed by atoms with Crippen LogP contribution in [0.4, 0.5) is 0 Å². The number of allylic oxidation sites excluding steroid dienone is 2. The molecule has 16 N–H and O–H groups in total. The molecule has 7 unspecified atom stereocenters. The Labute approximate surface area is 208 Å². The van der Waals surface area contributed by atoms with E-state index in [1.54, 1.807) is 6.08 Å². The summed E-state index contributed by atoms with van der Waals surface area (Å²) in [5.74, 6) is 0. The Kier molecular flexibility index (Phi) is 11.9. The van der Waals surface area contributed by atoms with E-state index in [0.29, 0.717) is 12.8 Å². The Morgan fingerprint density at radius 1 is 0.944 bits per heavy atom. The van der Waals surface area contributed by atoms with Crippen LogP contribution in [0, 0.1) is 0 Å². The molecule has 2 fully saturated rings. The van der Waals surface area contributed by atoms with E-state index in [4.69, 9.17) is 37.1 Å². The molecule has 12 atom stereocenters. The first-order valence-electron chi connectivity index (χ1n) is 11.7. The van der Waals surface area contributed by atoms with Crippen LogP contribution in [0.3, 0.4) is 0 Å². The largest absolute Gasteiger partial charge is 0.398 e. The van der Waals surface area contributed by atoms with Crippen LogP contribution >= 0.6 is 0 Å². The maximum Gasteiger partial charge on any atom is 0.198 e. The summed E-state index contributed by atoms with van der Waals surface area (Å²) in [5, 5.41) is 72.8. The molecule has 0 aromatic heterocycles. The first-order chi connectivity index (χ1) is 16.9. The highest BCUT2D eigenvalue weighted by Gasteiger charge is 2.44. The highest BCUT2D eigenvalue weighted by Crippen LogP contribution is 2.24. The van der Waals surface area contributed by atoms with Crippen LogP contribution in [0.25, 0.3) is 0 Å². The number of hydrogen-bond donors (Lipinski definition) is 12. The van der Waals surface area contributed by atoms with Crippen molar-refractivity contribution in [2.75, 3.05) is 13.7 Å². The normalized spacial score (nSPS) is 40.1. The van der Waals surface area contributed by atoms with Crippen LogP contribution in [0.1, 0.15) is 19.3 Å². The third-order valence-corrected chi connectivity index (χ3v) is 6.33. The molecule has 210 valence electrons. The van der Waals surface area contributed by atoms with Crippen molar-refractivity contribution in [2.45, 2.75) is 92.9 Å². The van der Waals surface area contributed by atoms with Gasteiger partial charge in [0, 0.05) is 19.1 Å². The summed E-state index contributed by atoms with van der Waals surface area (Å²) in [5.41, 5.74) is 23.3. The highest BCUT2D eigenvalue weighted by atomic mass is 16.7. The fraction of sp³-hybridized carbons (Fsp3) is 0.810. The Hall–Kier alpha value is -1.44. The lowest BCUT2D eigenvalue weighted by Crippen LogP contribution is -2.63. The molecule has 0 amide bonds. The van der Waals surface area contributed by atoms with Crippen molar-refractivity contribution in [3.05, 3.63) is 23.5 Å². The molecule has 15 heteroatoms. The second-order valence-electron chi connectivity index (χ2n) is 8.96. The summed E-state index contributed by atoms with van der Waals surface area (Å²) in [6.45, 7) is -0.515. The van der Waals surface area contributed by atoms with Gasteiger partial charge in [0.05, 0.1) is 30.1 Å². The minimum Gasteiger partial charge on any atom is -0.398 e. The molecule has 1 saturated carbocycles. The topological polar surface area (TPSA) is 285 Å². The Bertz CT molecular complexity index is 744. The predicted molar refractivity (Wildman–Crippen MR) is 125 cm³/mol. The Morgan fingerprint density at radius 3 is 2.19 bits per heavy atom. The summed E-state index contributed by atoms with van der Waals surface area (Å²) >= 11 is 0. The van der Waals surface area contributed by atoms with Crippen LogP contribution in [-0.4, -0.2) is 123 Å². The van der Waals surface area contributed by atoms with Crippen LogP contribution in [-0.2, 0) is 14.2 Å². The zero-order valence-corrected chi connectivity index (χ0v) is 20.1. The fourth-order valence-electron chi connectivity index (χ4n) is 4.04. The maximum atomic E-state index is 10.4. The number of rotatable bonds is 11. The summed E-state index contributed by atoms with van der Waals surface area (Å²) in [4.78, 5) is 0. The van der Waals surface area contributed by atoms with Crippen LogP contribution in [0.15, 0.2) is 23.5 Å².